The quantitative estimate of drug-likeness (QED) is 0.555. The lowest BCUT2D eigenvalue weighted by Crippen LogP contribution is -2.31. The number of rotatable bonds is 1. The van der Waals surface area contributed by atoms with E-state index in [4.69, 9.17) is 5.73 Å². The molecule has 9 heavy (non-hydrogen) atoms. The highest BCUT2D eigenvalue weighted by atomic mass is 15.2. The molecule has 1 fully saturated rings. The molecule has 2 heteroatoms. The Kier molecular flexibility index (Phi) is 2.09. The number of nitrogens with two attached hydrogens (primary N) is 1. The molecule has 0 spiro atoms. The summed E-state index contributed by atoms with van der Waals surface area (Å²) in [5, 5.41) is 0. The molecule has 0 saturated carbocycles. The highest BCUT2D eigenvalue weighted by Crippen LogP contribution is 2.09. The molecule has 1 atom stereocenters. The van der Waals surface area contributed by atoms with E-state index in [1.807, 2.05) is 0 Å². The Balaban J connectivity index is 2.30. The first-order chi connectivity index (χ1) is 4.20. The summed E-state index contributed by atoms with van der Waals surface area (Å²) in [6, 6.07) is 1.12. The van der Waals surface area contributed by atoms with Crippen molar-refractivity contribution < 1.29 is 0 Å². The third kappa shape index (κ3) is 1.66. The van der Waals surface area contributed by atoms with Crippen molar-refractivity contribution in [2.75, 3.05) is 13.1 Å². The molecule has 0 bridgehead atoms. The van der Waals surface area contributed by atoms with Gasteiger partial charge in [0.25, 0.3) is 0 Å². The van der Waals surface area contributed by atoms with E-state index in [2.05, 4.69) is 18.7 Å². The third-order valence-electron chi connectivity index (χ3n) is 1.99. The van der Waals surface area contributed by atoms with E-state index in [0.29, 0.717) is 12.1 Å². The monoisotopic (exact) mass is 128 g/mol. The van der Waals surface area contributed by atoms with Crippen molar-refractivity contribution in [1.29, 1.82) is 0 Å². The maximum absolute atomic E-state index is 5.72. The molecule has 0 aromatic rings. The van der Waals surface area contributed by atoms with Crippen LogP contribution in [-0.4, -0.2) is 30.1 Å². The van der Waals surface area contributed by atoms with Crippen molar-refractivity contribution in [3.63, 3.8) is 0 Å². The Morgan fingerprint density at radius 1 is 1.56 bits per heavy atom. The molecule has 1 heterocycles. The summed E-state index contributed by atoms with van der Waals surface area (Å²) in [6.07, 6.45) is 1.18. The molecule has 0 amide bonds. The molecule has 0 aliphatic carbocycles. The number of hydrogen-bond donors (Lipinski definition) is 1. The first-order valence-electron chi connectivity index (χ1n) is 3.70. The SMILES string of the molecule is CC(C)N1CC[C@@H](N)C1. The zero-order chi connectivity index (χ0) is 6.85. The summed E-state index contributed by atoms with van der Waals surface area (Å²) in [5.74, 6) is 0. The summed E-state index contributed by atoms with van der Waals surface area (Å²) in [6.45, 7) is 6.73. The van der Waals surface area contributed by atoms with Crippen LogP contribution >= 0.6 is 0 Å². The molecule has 0 radical (unpaired) electrons. The van der Waals surface area contributed by atoms with Crippen LogP contribution in [0.4, 0.5) is 0 Å². The van der Waals surface area contributed by atoms with Crippen LogP contribution in [0.15, 0.2) is 0 Å². The van der Waals surface area contributed by atoms with Gasteiger partial charge in [0, 0.05) is 18.6 Å². The smallest absolute Gasteiger partial charge is 0.0180 e. The minimum atomic E-state index is 0.437. The number of likely N-dealkylation sites (tertiary alicyclic amines) is 1. The van der Waals surface area contributed by atoms with Gasteiger partial charge in [-0.15, -0.1) is 0 Å². The van der Waals surface area contributed by atoms with Crippen LogP contribution < -0.4 is 5.73 Å². The van der Waals surface area contributed by atoms with E-state index in [0.717, 1.165) is 6.54 Å². The van der Waals surface area contributed by atoms with Crippen molar-refractivity contribution in [3.8, 4) is 0 Å². The van der Waals surface area contributed by atoms with Gasteiger partial charge < -0.3 is 5.73 Å². The predicted molar refractivity (Wildman–Crippen MR) is 39.3 cm³/mol. The Morgan fingerprint density at radius 2 is 2.22 bits per heavy atom. The second-order valence-electron chi connectivity index (χ2n) is 3.14. The molecule has 0 unspecified atom stereocenters. The predicted octanol–water partition coefficient (Wildman–Crippen LogP) is 0.428. The lowest BCUT2D eigenvalue weighted by molar-refractivity contribution is 0.272. The zero-order valence-electron chi connectivity index (χ0n) is 6.30. The summed E-state index contributed by atoms with van der Waals surface area (Å²) < 4.78 is 0. The molecular weight excluding hydrogens is 112 g/mol. The van der Waals surface area contributed by atoms with Crippen molar-refractivity contribution in [1.82, 2.24) is 4.90 Å². The molecule has 0 aromatic heterocycles. The molecule has 0 aromatic carbocycles. The van der Waals surface area contributed by atoms with Crippen LogP contribution in [0, 0.1) is 0 Å². The Hall–Kier alpha value is -0.0800. The minimum absolute atomic E-state index is 0.437. The van der Waals surface area contributed by atoms with Gasteiger partial charge >= 0.3 is 0 Å². The van der Waals surface area contributed by atoms with E-state index in [1.54, 1.807) is 0 Å². The molecule has 2 nitrogen and oxygen atoms in total. The first kappa shape index (κ1) is 7.03. The van der Waals surface area contributed by atoms with E-state index >= 15 is 0 Å². The van der Waals surface area contributed by atoms with E-state index in [9.17, 15) is 0 Å². The maximum Gasteiger partial charge on any atom is 0.0180 e. The standard InChI is InChI=1S/C7H16N2/c1-6(2)9-4-3-7(8)5-9/h6-7H,3-5,8H2,1-2H3/t7-/m1/s1. The van der Waals surface area contributed by atoms with Crippen molar-refractivity contribution in [2.24, 2.45) is 5.73 Å². The highest BCUT2D eigenvalue weighted by Gasteiger charge is 2.20. The van der Waals surface area contributed by atoms with E-state index in [1.165, 1.54) is 13.0 Å². The van der Waals surface area contributed by atoms with E-state index < -0.39 is 0 Å². The highest BCUT2D eigenvalue weighted by molar-refractivity contribution is 4.79. The fraction of sp³-hybridized carbons (Fsp3) is 1.00. The largest absolute Gasteiger partial charge is 0.326 e. The molecule has 1 aliphatic rings. The van der Waals surface area contributed by atoms with Crippen molar-refractivity contribution >= 4 is 0 Å². The molecule has 1 rings (SSSR count). The van der Waals surface area contributed by atoms with Gasteiger partial charge in [0.2, 0.25) is 0 Å². The summed E-state index contributed by atoms with van der Waals surface area (Å²) in [5.41, 5.74) is 5.72. The molecule has 1 saturated heterocycles. The maximum atomic E-state index is 5.72. The first-order valence-corrected chi connectivity index (χ1v) is 3.70. The van der Waals surface area contributed by atoms with Crippen molar-refractivity contribution in [2.45, 2.75) is 32.4 Å². The Morgan fingerprint density at radius 3 is 2.44 bits per heavy atom. The summed E-state index contributed by atoms with van der Waals surface area (Å²) >= 11 is 0. The van der Waals surface area contributed by atoms with Gasteiger partial charge in [0.1, 0.15) is 0 Å². The van der Waals surface area contributed by atoms with Gasteiger partial charge in [0.05, 0.1) is 0 Å². The van der Waals surface area contributed by atoms with E-state index in [-0.39, 0.29) is 0 Å². The van der Waals surface area contributed by atoms with Crippen LogP contribution in [0.3, 0.4) is 0 Å². The van der Waals surface area contributed by atoms with Gasteiger partial charge in [-0.3, -0.25) is 4.90 Å². The second-order valence-corrected chi connectivity index (χ2v) is 3.14. The molecule has 2 N–H and O–H groups in total. The Bertz CT molecular complexity index is 90.9. The van der Waals surface area contributed by atoms with Gasteiger partial charge in [0.15, 0.2) is 0 Å². The average molecular weight is 128 g/mol. The topological polar surface area (TPSA) is 29.3 Å². The van der Waals surface area contributed by atoms with Crippen LogP contribution in [-0.2, 0) is 0 Å². The fourth-order valence-electron chi connectivity index (χ4n) is 1.28. The number of hydrogen-bond acceptors (Lipinski definition) is 2. The Labute approximate surface area is 57.0 Å². The normalized spacial score (nSPS) is 30.0. The lowest BCUT2D eigenvalue weighted by Gasteiger charge is -2.19. The third-order valence-corrected chi connectivity index (χ3v) is 1.99. The average Bonchev–Trinajstić information content (AvgIpc) is 2.14. The van der Waals surface area contributed by atoms with Gasteiger partial charge in [-0.1, -0.05) is 0 Å². The van der Waals surface area contributed by atoms with Crippen LogP contribution in [0.25, 0.3) is 0 Å². The zero-order valence-corrected chi connectivity index (χ0v) is 6.30. The number of nitrogens with zero attached hydrogens (tertiary/aromatic N) is 1. The van der Waals surface area contributed by atoms with Crippen LogP contribution in [0.2, 0.25) is 0 Å². The van der Waals surface area contributed by atoms with Gasteiger partial charge in [-0.05, 0) is 26.8 Å². The summed E-state index contributed by atoms with van der Waals surface area (Å²) in [4.78, 5) is 2.42. The second kappa shape index (κ2) is 2.67. The molecule has 54 valence electrons. The van der Waals surface area contributed by atoms with Gasteiger partial charge in [-0.25, -0.2) is 0 Å². The fourth-order valence-corrected chi connectivity index (χ4v) is 1.28. The minimum Gasteiger partial charge on any atom is -0.326 e. The molecular formula is C7H16N2. The van der Waals surface area contributed by atoms with Crippen molar-refractivity contribution in [3.05, 3.63) is 0 Å². The van der Waals surface area contributed by atoms with Gasteiger partial charge in [-0.2, -0.15) is 0 Å². The molecule has 1 aliphatic heterocycles. The summed E-state index contributed by atoms with van der Waals surface area (Å²) in [7, 11) is 0. The van der Waals surface area contributed by atoms with Crippen LogP contribution in [0.5, 0.6) is 0 Å². The van der Waals surface area contributed by atoms with Crippen LogP contribution in [0.1, 0.15) is 20.3 Å². The lowest BCUT2D eigenvalue weighted by atomic mass is 10.3.